The van der Waals surface area contributed by atoms with Crippen molar-refractivity contribution in [1.29, 1.82) is 5.26 Å². The highest BCUT2D eigenvalue weighted by atomic mass is 16.7. The first-order valence-electron chi connectivity index (χ1n) is 2.20. The molecule has 1 N–H and O–H groups in total. The van der Waals surface area contributed by atoms with Crippen molar-refractivity contribution < 1.29 is 14.6 Å². The standard InChI is InChI=1S/C3H3N.C3H4O3/c1-2-3-4;1-2-6-3(4)5/h2H,1H2;2H,1H2,(H,4,5). The van der Waals surface area contributed by atoms with E-state index >= 15 is 0 Å². The Balaban J connectivity index is 0. The number of ether oxygens (including phenoxy) is 1. The lowest BCUT2D eigenvalue weighted by molar-refractivity contribution is 0.128. The van der Waals surface area contributed by atoms with Crippen LogP contribution in [0.4, 0.5) is 4.79 Å². The summed E-state index contributed by atoms with van der Waals surface area (Å²) in [6.07, 6.45) is 0.701. The van der Waals surface area contributed by atoms with Crippen LogP contribution in [0.2, 0.25) is 0 Å². The van der Waals surface area contributed by atoms with Gasteiger partial charge in [-0.1, -0.05) is 13.2 Å². The van der Waals surface area contributed by atoms with Gasteiger partial charge in [0.15, 0.2) is 0 Å². The maximum atomic E-state index is 9.31. The van der Waals surface area contributed by atoms with E-state index in [2.05, 4.69) is 17.9 Å². The average molecular weight is 141 g/mol. The predicted molar refractivity (Wildman–Crippen MR) is 35.1 cm³/mol. The van der Waals surface area contributed by atoms with Crippen LogP contribution in [0.1, 0.15) is 0 Å². The molecule has 0 aromatic heterocycles. The minimum Gasteiger partial charge on any atom is -0.449 e. The maximum absolute atomic E-state index is 9.31. The van der Waals surface area contributed by atoms with Crippen LogP contribution in [0.3, 0.4) is 0 Å². The largest absolute Gasteiger partial charge is 0.510 e. The topological polar surface area (TPSA) is 70.3 Å². The molecule has 0 heterocycles. The lowest BCUT2D eigenvalue weighted by atomic mass is 10.8. The molecule has 0 aliphatic rings. The van der Waals surface area contributed by atoms with Gasteiger partial charge in [0.2, 0.25) is 0 Å². The van der Waals surface area contributed by atoms with Gasteiger partial charge in [-0.25, -0.2) is 4.79 Å². The van der Waals surface area contributed by atoms with E-state index < -0.39 is 6.16 Å². The minimum absolute atomic E-state index is 0.850. The van der Waals surface area contributed by atoms with E-state index in [-0.39, 0.29) is 0 Å². The third-order valence-corrected chi connectivity index (χ3v) is 0.275. The molecule has 0 saturated heterocycles. The quantitative estimate of drug-likeness (QED) is 0.341. The van der Waals surface area contributed by atoms with Crippen LogP contribution in [0.25, 0.3) is 0 Å². The molecule has 0 spiro atoms. The van der Waals surface area contributed by atoms with Crippen molar-refractivity contribution in [3.8, 4) is 6.07 Å². The fourth-order valence-electron chi connectivity index (χ4n) is 0.0713. The third kappa shape index (κ3) is 34.1. The third-order valence-electron chi connectivity index (χ3n) is 0.275. The summed E-state index contributed by atoms with van der Waals surface area (Å²) in [6, 6.07) is 1.69. The Morgan fingerprint density at radius 3 is 2.10 bits per heavy atom. The van der Waals surface area contributed by atoms with E-state index in [1.807, 2.05) is 0 Å². The molecule has 0 aromatic rings. The van der Waals surface area contributed by atoms with Crippen molar-refractivity contribution in [3.05, 3.63) is 25.5 Å². The van der Waals surface area contributed by atoms with Crippen molar-refractivity contribution >= 4 is 6.16 Å². The molecule has 0 aromatic carbocycles. The van der Waals surface area contributed by atoms with Gasteiger partial charge in [-0.2, -0.15) is 5.26 Å². The number of rotatable bonds is 1. The zero-order valence-corrected chi connectivity index (χ0v) is 5.28. The van der Waals surface area contributed by atoms with Crippen LogP contribution in [-0.2, 0) is 4.74 Å². The van der Waals surface area contributed by atoms with Gasteiger partial charge in [-0.15, -0.1) is 0 Å². The molecule has 4 nitrogen and oxygen atoms in total. The number of hydrogen-bond acceptors (Lipinski definition) is 3. The molecule has 0 rings (SSSR count). The van der Waals surface area contributed by atoms with Crippen molar-refractivity contribution in [2.75, 3.05) is 0 Å². The number of carbonyl (C=O) groups is 1. The van der Waals surface area contributed by atoms with Gasteiger partial charge < -0.3 is 9.84 Å². The Morgan fingerprint density at radius 1 is 1.70 bits per heavy atom. The Morgan fingerprint density at radius 2 is 2.10 bits per heavy atom. The molecule has 10 heavy (non-hydrogen) atoms. The van der Waals surface area contributed by atoms with E-state index in [1.54, 1.807) is 6.07 Å². The molecule has 0 saturated carbocycles. The Labute approximate surface area is 58.7 Å². The minimum atomic E-state index is -1.33. The van der Waals surface area contributed by atoms with E-state index in [0.29, 0.717) is 0 Å². The fraction of sp³-hybridized carbons (Fsp3) is 0. The second kappa shape index (κ2) is 10.3. The zero-order chi connectivity index (χ0) is 8.41. The molecule has 54 valence electrons. The monoisotopic (exact) mass is 141 g/mol. The lowest BCUT2D eigenvalue weighted by Gasteiger charge is -1.81. The van der Waals surface area contributed by atoms with E-state index in [9.17, 15) is 4.79 Å². The van der Waals surface area contributed by atoms with Crippen LogP contribution in [-0.4, -0.2) is 11.3 Å². The summed E-state index contributed by atoms with van der Waals surface area (Å²) < 4.78 is 3.72. The molecule has 0 aliphatic carbocycles. The highest BCUT2D eigenvalue weighted by Gasteiger charge is 1.84. The lowest BCUT2D eigenvalue weighted by Crippen LogP contribution is -1.89. The summed E-state index contributed by atoms with van der Waals surface area (Å²) in [7, 11) is 0. The van der Waals surface area contributed by atoms with Gasteiger partial charge in [0.1, 0.15) is 0 Å². The van der Waals surface area contributed by atoms with Gasteiger partial charge in [0.25, 0.3) is 0 Å². The number of hydrogen-bond donors (Lipinski definition) is 1. The molecule has 0 bridgehead atoms. The molecule has 0 unspecified atom stereocenters. The number of carboxylic acid groups (broad SMARTS) is 1. The van der Waals surface area contributed by atoms with Crippen molar-refractivity contribution in [2.24, 2.45) is 0 Å². The fourth-order valence-corrected chi connectivity index (χ4v) is 0.0713. The zero-order valence-electron chi connectivity index (χ0n) is 5.28. The summed E-state index contributed by atoms with van der Waals surface area (Å²) in [5.41, 5.74) is 0. The summed E-state index contributed by atoms with van der Waals surface area (Å²) in [5.74, 6) is 0. The molecule has 0 amide bonds. The molecular formula is C6H7NO3. The van der Waals surface area contributed by atoms with Gasteiger partial charge in [-0.05, 0) is 0 Å². The van der Waals surface area contributed by atoms with E-state index in [0.717, 1.165) is 6.26 Å². The van der Waals surface area contributed by atoms with Crippen LogP contribution in [0, 0.1) is 11.3 Å². The second-order valence-electron chi connectivity index (χ2n) is 0.884. The second-order valence-corrected chi connectivity index (χ2v) is 0.884. The highest BCUT2D eigenvalue weighted by Crippen LogP contribution is 1.70. The van der Waals surface area contributed by atoms with Crippen LogP contribution >= 0.6 is 0 Å². The molecule has 0 aliphatic heterocycles. The maximum Gasteiger partial charge on any atom is 0.510 e. The van der Waals surface area contributed by atoms with Crippen molar-refractivity contribution in [3.63, 3.8) is 0 Å². The van der Waals surface area contributed by atoms with Gasteiger partial charge >= 0.3 is 6.16 Å². The Hall–Kier alpha value is -1.76. The highest BCUT2D eigenvalue weighted by molar-refractivity contribution is 5.57. The van der Waals surface area contributed by atoms with Gasteiger partial charge in [0, 0.05) is 6.08 Å². The molecule has 4 heteroatoms. The average Bonchev–Trinajstić information content (AvgIpc) is 1.89. The molecule has 0 atom stereocenters. The first-order valence-corrected chi connectivity index (χ1v) is 2.20. The summed E-state index contributed by atoms with van der Waals surface area (Å²) in [5, 5.41) is 15.1. The van der Waals surface area contributed by atoms with E-state index in [1.165, 1.54) is 6.08 Å². The Bertz CT molecular complexity index is 157. The number of nitrogens with zero attached hydrogens (tertiary/aromatic N) is 1. The van der Waals surface area contributed by atoms with Crippen LogP contribution < -0.4 is 0 Å². The van der Waals surface area contributed by atoms with Crippen LogP contribution in [0.15, 0.2) is 25.5 Å². The smallest absolute Gasteiger partial charge is 0.449 e. The predicted octanol–water partition coefficient (Wildman–Crippen LogP) is 1.52. The number of nitriles is 1. The van der Waals surface area contributed by atoms with Crippen molar-refractivity contribution in [2.45, 2.75) is 0 Å². The first-order chi connectivity index (χ1) is 4.68. The molecular weight excluding hydrogens is 134 g/mol. The van der Waals surface area contributed by atoms with Crippen molar-refractivity contribution in [1.82, 2.24) is 0 Å². The van der Waals surface area contributed by atoms with E-state index in [4.69, 9.17) is 10.4 Å². The first kappa shape index (κ1) is 11.1. The Kier molecular flexibility index (Phi) is 11.4. The SMILES string of the molecule is C=CC#N.C=COC(=O)O. The summed E-state index contributed by atoms with van der Waals surface area (Å²) in [6.45, 7) is 6.12. The number of allylic oxidation sites excluding steroid dienone is 1. The molecule has 0 radical (unpaired) electrons. The van der Waals surface area contributed by atoms with Gasteiger partial charge in [-0.3, -0.25) is 0 Å². The molecule has 0 fully saturated rings. The summed E-state index contributed by atoms with van der Waals surface area (Å²) >= 11 is 0. The normalized spacial score (nSPS) is 5.50. The van der Waals surface area contributed by atoms with Crippen LogP contribution in [0.5, 0.6) is 0 Å². The summed E-state index contributed by atoms with van der Waals surface area (Å²) in [4.78, 5) is 9.31. The van der Waals surface area contributed by atoms with Gasteiger partial charge in [0.05, 0.1) is 12.3 Å².